The molecule has 0 aliphatic carbocycles. The zero-order valence-electron chi connectivity index (χ0n) is 22.1. The van der Waals surface area contributed by atoms with Crippen LogP contribution in [-0.2, 0) is 26.2 Å². The van der Waals surface area contributed by atoms with Crippen molar-refractivity contribution in [1.82, 2.24) is 10.2 Å². The van der Waals surface area contributed by atoms with E-state index in [1.807, 2.05) is 13.8 Å². The normalized spacial score (nSPS) is 12.1. The number of halogens is 4. The van der Waals surface area contributed by atoms with E-state index in [4.69, 9.17) is 46.4 Å². The number of carbonyl (C=O) groups is 2. The summed E-state index contributed by atoms with van der Waals surface area (Å²) in [4.78, 5) is 28.1. The number of aryl methyl sites for hydroxylation is 1. The Morgan fingerprint density at radius 1 is 0.950 bits per heavy atom. The van der Waals surface area contributed by atoms with Gasteiger partial charge in [0.2, 0.25) is 11.8 Å². The lowest BCUT2D eigenvalue weighted by Gasteiger charge is -2.32. The van der Waals surface area contributed by atoms with E-state index < -0.39 is 34.4 Å². The van der Waals surface area contributed by atoms with Crippen molar-refractivity contribution in [3.05, 3.63) is 91.9 Å². The number of nitrogens with zero attached hydrogens (tertiary/aromatic N) is 2. The van der Waals surface area contributed by atoms with Gasteiger partial charge in [-0.25, -0.2) is 8.42 Å². The zero-order chi connectivity index (χ0) is 29.6. The van der Waals surface area contributed by atoms with Crippen molar-refractivity contribution in [1.29, 1.82) is 0 Å². The van der Waals surface area contributed by atoms with Crippen LogP contribution in [0, 0.1) is 6.92 Å². The number of anilines is 1. The fraction of sp³-hybridized carbons (Fsp3) is 0.286. The van der Waals surface area contributed by atoms with Gasteiger partial charge in [0.25, 0.3) is 10.0 Å². The van der Waals surface area contributed by atoms with Crippen LogP contribution >= 0.6 is 46.4 Å². The molecule has 2 amide bonds. The molecular weight excluding hydrogens is 616 g/mol. The molecule has 1 N–H and O–H groups in total. The highest BCUT2D eigenvalue weighted by molar-refractivity contribution is 7.92. The number of benzene rings is 3. The quantitative estimate of drug-likeness (QED) is 0.250. The SMILES string of the molecule is CCCNC(=O)[C@@H](C)N(Cc1ccc(Cl)cc1Cl)C(=O)CN(c1cccc(Cl)c1Cl)S(=O)(=O)c1ccc(C)cc1. The first-order valence-electron chi connectivity index (χ1n) is 12.4. The zero-order valence-corrected chi connectivity index (χ0v) is 26.0. The van der Waals surface area contributed by atoms with Crippen LogP contribution in [-0.4, -0.2) is 44.3 Å². The molecule has 0 unspecified atom stereocenters. The van der Waals surface area contributed by atoms with Crippen LogP contribution in [0.1, 0.15) is 31.4 Å². The Morgan fingerprint density at radius 3 is 2.25 bits per heavy atom. The van der Waals surface area contributed by atoms with Crippen molar-refractivity contribution >= 4 is 73.9 Å². The van der Waals surface area contributed by atoms with Crippen LogP contribution in [0.25, 0.3) is 0 Å². The summed E-state index contributed by atoms with van der Waals surface area (Å²) in [6.07, 6.45) is 0.700. The average Bonchev–Trinajstić information content (AvgIpc) is 2.91. The van der Waals surface area contributed by atoms with Crippen molar-refractivity contribution in [3.63, 3.8) is 0 Å². The molecule has 0 aliphatic heterocycles. The van der Waals surface area contributed by atoms with Gasteiger partial charge in [-0.3, -0.25) is 13.9 Å². The average molecular weight is 645 g/mol. The Hall–Kier alpha value is -2.49. The van der Waals surface area contributed by atoms with E-state index in [1.165, 1.54) is 41.3 Å². The Bertz CT molecular complexity index is 1480. The molecule has 0 heterocycles. The van der Waals surface area contributed by atoms with Crippen molar-refractivity contribution < 1.29 is 18.0 Å². The third kappa shape index (κ3) is 7.62. The summed E-state index contributed by atoms with van der Waals surface area (Å²) in [6, 6.07) is 14.6. The monoisotopic (exact) mass is 643 g/mol. The van der Waals surface area contributed by atoms with Gasteiger partial charge < -0.3 is 10.2 Å². The molecule has 0 spiro atoms. The molecule has 1 atom stereocenters. The first-order valence-corrected chi connectivity index (χ1v) is 15.4. The highest BCUT2D eigenvalue weighted by atomic mass is 35.5. The van der Waals surface area contributed by atoms with Gasteiger partial charge in [-0.1, -0.05) is 83.2 Å². The fourth-order valence-electron chi connectivity index (χ4n) is 3.85. The minimum atomic E-state index is -4.29. The van der Waals surface area contributed by atoms with E-state index >= 15 is 0 Å². The van der Waals surface area contributed by atoms with Crippen LogP contribution in [0.3, 0.4) is 0 Å². The van der Waals surface area contributed by atoms with Gasteiger partial charge in [-0.15, -0.1) is 0 Å². The summed E-state index contributed by atoms with van der Waals surface area (Å²) in [5.41, 5.74) is 1.42. The van der Waals surface area contributed by atoms with Crippen LogP contribution in [0.5, 0.6) is 0 Å². The smallest absolute Gasteiger partial charge is 0.264 e. The summed E-state index contributed by atoms with van der Waals surface area (Å²) < 4.78 is 28.7. The topological polar surface area (TPSA) is 86.8 Å². The van der Waals surface area contributed by atoms with Crippen LogP contribution in [0.4, 0.5) is 5.69 Å². The number of amides is 2. The first-order chi connectivity index (χ1) is 18.9. The maximum atomic E-state index is 14.0. The van der Waals surface area contributed by atoms with E-state index in [-0.39, 0.29) is 27.2 Å². The molecule has 40 heavy (non-hydrogen) atoms. The molecule has 0 saturated heterocycles. The van der Waals surface area contributed by atoms with Gasteiger partial charge in [-0.05, 0) is 62.2 Å². The van der Waals surface area contributed by atoms with Crippen LogP contribution in [0.15, 0.2) is 65.6 Å². The van der Waals surface area contributed by atoms with Gasteiger partial charge in [0, 0.05) is 23.1 Å². The first kappa shape index (κ1) is 32.0. The molecule has 3 rings (SSSR count). The standard InChI is InChI=1S/C28H29Cl4N3O4S/c1-4-14-33-28(37)19(3)34(16-20-10-11-21(29)15-24(20)31)26(36)17-35(25-7-5-6-23(30)27(25)32)40(38,39)22-12-8-18(2)9-13-22/h5-13,15,19H,4,14,16-17H2,1-3H3,(H,33,37)/t19-/m1/s1. The van der Waals surface area contributed by atoms with E-state index in [0.717, 1.165) is 9.87 Å². The number of nitrogens with one attached hydrogen (secondary N) is 1. The maximum Gasteiger partial charge on any atom is 0.264 e. The summed E-state index contributed by atoms with van der Waals surface area (Å²) >= 11 is 25.1. The molecule has 0 aliphatic rings. The number of carbonyl (C=O) groups excluding carboxylic acids is 2. The fourth-order valence-corrected chi connectivity index (χ4v) is 6.19. The molecule has 0 fully saturated rings. The summed E-state index contributed by atoms with van der Waals surface area (Å²) in [5, 5.41) is 3.58. The summed E-state index contributed by atoms with van der Waals surface area (Å²) in [6.45, 7) is 4.99. The van der Waals surface area contributed by atoms with Gasteiger partial charge in [-0.2, -0.15) is 0 Å². The molecule has 0 saturated carbocycles. The number of hydrogen-bond donors (Lipinski definition) is 1. The van der Waals surface area contributed by atoms with Gasteiger partial charge in [0.1, 0.15) is 12.6 Å². The molecule has 7 nitrogen and oxygen atoms in total. The number of sulfonamides is 1. The van der Waals surface area contributed by atoms with Crippen molar-refractivity contribution in [2.24, 2.45) is 0 Å². The molecule has 3 aromatic rings. The van der Waals surface area contributed by atoms with Crippen LogP contribution < -0.4 is 9.62 Å². The lowest BCUT2D eigenvalue weighted by molar-refractivity contribution is -0.139. The van der Waals surface area contributed by atoms with E-state index in [9.17, 15) is 18.0 Å². The molecule has 3 aromatic carbocycles. The second-order valence-corrected chi connectivity index (χ2v) is 12.6. The van der Waals surface area contributed by atoms with Gasteiger partial charge in [0.05, 0.1) is 20.6 Å². The number of hydrogen-bond acceptors (Lipinski definition) is 4. The third-order valence-corrected chi connectivity index (χ3v) is 9.33. The van der Waals surface area contributed by atoms with Crippen molar-refractivity contribution in [2.45, 2.75) is 44.7 Å². The Morgan fingerprint density at radius 2 is 1.62 bits per heavy atom. The Balaban J connectivity index is 2.08. The van der Waals surface area contributed by atoms with Gasteiger partial charge >= 0.3 is 0 Å². The molecule has 0 radical (unpaired) electrons. The highest BCUT2D eigenvalue weighted by Gasteiger charge is 2.34. The molecule has 12 heteroatoms. The molecule has 0 aromatic heterocycles. The number of rotatable bonds is 11. The van der Waals surface area contributed by atoms with E-state index in [1.54, 1.807) is 31.2 Å². The van der Waals surface area contributed by atoms with E-state index in [0.29, 0.717) is 28.6 Å². The Labute approximate surface area is 255 Å². The predicted octanol–water partition coefficient (Wildman–Crippen LogP) is 6.75. The lowest BCUT2D eigenvalue weighted by atomic mass is 10.1. The second-order valence-electron chi connectivity index (χ2n) is 9.12. The van der Waals surface area contributed by atoms with Crippen molar-refractivity contribution in [2.75, 3.05) is 17.4 Å². The third-order valence-electron chi connectivity index (χ3n) is 6.16. The van der Waals surface area contributed by atoms with Gasteiger partial charge in [0.15, 0.2) is 0 Å². The van der Waals surface area contributed by atoms with Crippen molar-refractivity contribution in [3.8, 4) is 0 Å². The second kappa shape index (κ2) is 13.9. The Kier molecular flexibility index (Phi) is 11.1. The summed E-state index contributed by atoms with van der Waals surface area (Å²) in [7, 11) is -4.29. The van der Waals surface area contributed by atoms with E-state index in [2.05, 4.69) is 5.32 Å². The minimum absolute atomic E-state index is 0.0238. The lowest BCUT2D eigenvalue weighted by Crippen LogP contribution is -2.51. The summed E-state index contributed by atoms with van der Waals surface area (Å²) in [5.74, 6) is -1.05. The highest BCUT2D eigenvalue weighted by Crippen LogP contribution is 2.35. The predicted molar refractivity (Wildman–Crippen MR) is 162 cm³/mol. The largest absolute Gasteiger partial charge is 0.354 e. The van der Waals surface area contributed by atoms with Crippen LogP contribution in [0.2, 0.25) is 20.1 Å². The molecular formula is C28H29Cl4N3O4S. The minimum Gasteiger partial charge on any atom is -0.354 e. The molecule has 214 valence electrons. The molecule has 0 bridgehead atoms. The maximum absolute atomic E-state index is 14.0.